The Labute approximate surface area is 110 Å². The highest BCUT2D eigenvalue weighted by Gasteiger charge is 2.35. The lowest BCUT2D eigenvalue weighted by molar-refractivity contribution is 0.358. The molecule has 8 heteroatoms. The molecule has 2 aromatic heterocycles. The largest absolute Gasteiger partial charge is 0.459 e. The molecule has 3 rings (SSSR count). The topological polar surface area (TPSA) is 89.4 Å². The van der Waals surface area contributed by atoms with Gasteiger partial charge in [0.1, 0.15) is 0 Å². The van der Waals surface area contributed by atoms with Crippen molar-refractivity contribution in [3.63, 3.8) is 0 Å². The molecule has 7 nitrogen and oxygen atoms in total. The van der Waals surface area contributed by atoms with Crippen molar-refractivity contribution in [2.45, 2.75) is 18.9 Å². The van der Waals surface area contributed by atoms with Gasteiger partial charge in [0.2, 0.25) is 10.0 Å². The van der Waals surface area contributed by atoms with E-state index < -0.39 is 10.0 Å². The number of aromatic nitrogens is 2. The van der Waals surface area contributed by atoms with Crippen LogP contribution in [0.3, 0.4) is 0 Å². The lowest BCUT2D eigenvalue weighted by Gasteiger charge is -2.18. The molecular formula is C11H13N3O4S. The normalized spacial score (nSPS) is 21.0. The monoisotopic (exact) mass is 283 g/mol. The van der Waals surface area contributed by atoms with Gasteiger partial charge in [0, 0.05) is 6.54 Å². The minimum Gasteiger partial charge on any atom is -0.459 e. The first kappa shape index (κ1) is 12.4. The molecule has 0 radical (unpaired) electrons. The molecule has 0 unspecified atom stereocenters. The lowest BCUT2D eigenvalue weighted by Crippen LogP contribution is -2.30. The first-order valence-corrected chi connectivity index (χ1v) is 7.75. The van der Waals surface area contributed by atoms with E-state index in [9.17, 15) is 8.42 Å². The van der Waals surface area contributed by atoms with Gasteiger partial charge in [-0.25, -0.2) is 8.42 Å². The smallest absolute Gasteiger partial charge is 0.293 e. The molecule has 0 saturated carbocycles. The van der Waals surface area contributed by atoms with Crippen LogP contribution in [0, 0.1) is 0 Å². The highest BCUT2D eigenvalue weighted by atomic mass is 32.2. The van der Waals surface area contributed by atoms with Crippen LogP contribution in [0.25, 0.3) is 11.7 Å². The van der Waals surface area contributed by atoms with E-state index in [1.54, 1.807) is 12.1 Å². The van der Waals surface area contributed by atoms with E-state index in [0.717, 1.165) is 6.42 Å². The average molecular weight is 283 g/mol. The van der Waals surface area contributed by atoms with Gasteiger partial charge >= 0.3 is 0 Å². The number of hydrogen-bond acceptors (Lipinski definition) is 6. The zero-order chi connectivity index (χ0) is 13.5. The molecule has 2 aromatic rings. The Bertz CT molecular complexity index is 662. The molecule has 102 valence electrons. The van der Waals surface area contributed by atoms with Gasteiger partial charge in [-0.2, -0.15) is 9.29 Å². The van der Waals surface area contributed by atoms with Crippen LogP contribution in [0.2, 0.25) is 0 Å². The molecule has 0 aromatic carbocycles. The van der Waals surface area contributed by atoms with Gasteiger partial charge in [0.15, 0.2) is 11.6 Å². The summed E-state index contributed by atoms with van der Waals surface area (Å²) < 4.78 is 35.0. The summed E-state index contributed by atoms with van der Waals surface area (Å²) in [5.74, 6) is 1.12. The van der Waals surface area contributed by atoms with Gasteiger partial charge in [-0.1, -0.05) is 5.16 Å². The van der Waals surface area contributed by atoms with Gasteiger partial charge in [0.05, 0.1) is 18.6 Å². The molecule has 1 aliphatic heterocycles. The fourth-order valence-corrected chi connectivity index (χ4v) is 3.39. The van der Waals surface area contributed by atoms with Crippen molar-refractivity contribution < 1.29 is 17.4 Å². The van der Waals surface area contributed by atoms with Crippen LogP contribution in [-0.4, -0.2) is 35.7 Å². The van der Waals surface area contributed by atoms with Gasteiger partial charge in [-0.05, 0) is 25.0 Å². The summed E-state index contributed by atoms with van der Waals surface area (Å²) in [5, 5.41) is 3.87. The molecule has 0 bridgehead atoms. The van der Waals surface area contributed by atoms with E-state index in [2.05, 4.69) is 10.1 Å². The molecule has 0 spiro atoms. The van der Waals surface area contributed by atoms with Crippen LogP contribution in [0.5, 0.6) is 0 Å². The Kier molecular flexibility index (Phi) is 2.90. The van der Waals surface area contributed by atoms with E-state index in [-0.39, 0.29) is 11.9 Å². The molecule has 1 fully saturated rings. The Morgan fingerprint density at radius 1 is 1.47 bits per heavy atom. The van der Waals surface area contributed by atoms with Gasteiger partial charge < -0.3 is 8.94 Å². The second-order valence-electron chi connectivity index (χ2n) is 4.47. The van der Waals surface area contributed by atoms with Gasteiger partial charge in [0.25, 0.3) is 5.89 Å². The van der Waals surface area contributed by atoms with Crippen LogP contribution >= 0.6 is 0 Å². The van der Waals surface area contributed by atoms with Crippen LogP contribution in [-0.2, 0) is 10.0 Å². The minimum absolute atomic E-state index is 0.264. The maximum absolute atomic E-state index is 11.7. The van der Waals surface area contributed by atoms with E-state index in [0.29, 0.717) is 24.6 Å². The summed E-state index contributed by atoms with van der Waals surface area (Å²) in [7, 11) is -3.26. The van der Waals surface area contributed by atoms with E-state index >= 15 is 0 Å². The highest BCUT2D eigenvalue weighted by molar-refractivity contribution is 7.88. The Balaban J connectivity index is 1.91. The Morgan fingerprint density at radius 3 is 3.00 bits per heavy atom. The van der Waals surface area contributed by atoms with Crippen LogP contribution in [0.4, 0.5) is 0 Å². The summed E-state index contributed by atoms with van der Waals surface area (Å²) in [6.07, 6.45) is 4.20. The van der Waals surface area contributed by atoms with Crippen molar-refractivity contribution in [2.24, 2.45) is 0 Å². The van der Waals surface area contributed by atoms with Gasteiger partial charge in [-0.3, -0.25) is 0 Å². The second-order valence-corrected chi connectivity index (χ2v) is 6.40. The molecule has 1 atom stereocenters. The van der Waals surface area contributed by atoms with E-state index in [1.807, 2.05) is 0 Å². The molecule has 1 saturated heterocycles. The highest BCUT2D eigenvalue weighted by Crippen LogP contribution is 2.33. The zero-order valence-electron chi connectivity index (χ0n) is 10.3. The summed E-state index contributed by atoms with van der Waals surface area (Å²) in [4.78, 5) is 4.22. The summed E-state index contributed by atoms with van der Waals surface area (Å²) in [6, 6.07) is 3.08. The molecule has 1 aliphatic rings. The SMILES string of the molecule is CS(=O)(=O)N1CCC[C@H]1c1noc(-c2ccco2)n1. The number of rotatable bonds is 3. The molecule has 3 heterocycles. The lowest BCUT2D eigenvalue weighted by atomic mass is 10.2. The Hall–Kier alpha value is -1.67. The number of sulfonamides is 1. The van der Waals surface area contributed by atoms with Crippen LogP contribution < -0.4 is 0 Å². The van der Waals surface area contributed by atoms with Crippen molar-refractivity contribution in [3.05, 3.63) is 24.2 Å². The quantitative estimate of drug-likeness (QED) is 0.846. The van der Waals surface area contributed by atoms with E-state index in [4.69, 9.17) is 8.94 Å². The second kappa shape index (κ2) is 4.46. The molecule has 19 heavy (non-hydrogen) atoms. The number of hydrogen-bond donors (Lipinski definition) is 0. The summed E-state index contributed by atoms with van der Waals surface area (Å²) >= 11 is 0. The summed E-state index contributed by atoms with van der Waals surface area (Å²) in [6.45, 7) is 0.494. The van der Waals surface area contributed by atoms with Crippen molar-refractivity contribution in [2.75, 3.05) is 12.8 Å². The molecule has 0 N–H and O–H groups in total. The Morgan fingerprint density at radius 2 is 2.32 bits per heavy atom. The van der Waals surface area contributed by atoms with Crippen LogP contribution in [0.15, 0.2) is 27.3 Å². The van der Waals surface area contributed by atoms with Crippen molar-refractivity contribution in [1.29, 1.82) is 0 Å². The van der Waals surface area contributed by atoms with Gasteiger partial charge in [-0.15, -0.1) is 0 Å². The van der Waals surface area contributed by atoms with Crippen LogP contribution in [0.1, 0.15) is 24.7 Å². The number of furan rings is 1. The van der Waals surface area contributed by atoms with Crippen molar-refractivity contribution in [1.82, 2.24) is 14.4 Å². The average Bonchev–Trinajstić information content (AvgIpc) is 3.09. The van der Waals surface area contributed by atoms with E-state index in [1.165, 1.54) is 16.8 Å². The minimum atomic E-state index is -3.26. The third kappa shape index (κ3) is 2.28. The fourth-order valence-electron chi connectivity index (χ4n) is 2.27. The molecular weight excluding hydrogens is 270 g/mol. The number of nitrogens with zero attached hydrogens (tertiary/aromatic N) is 3. The fraction of sp³-hybridized carbons (Fsp3) is 0.455. The first-order chi connectivity index (χ1) is 9.05. The predicted octanol–water partition coefficient (Wildman–Crippen LogP) is 1.43. The standard InChI is InChI=1S/C11H13N3O4S/c1-19(15,16)14-6-2-4-8(14)10-12-11(18-13-10)9-5-3-7-17-9/h3,5,7-8H,2,4,6H2,1H3/t8-/m0/s1. The maximum atomic E-state index is 11.7. The molecule has 0 amide bonds. The summed E-state index contributed by atoms with van der Waals surface area (Å²) in [5.41, 5.74) is 0. The third-order valence-corrected chi connectivity index (χ3v) is 4.39. The maximum Gasteiger partial charge on any atom is 0.293 e. The molecule has 0 aliphatic carbocycles. The van der Waals surface area contributed by atoms with Crippen molar-refractivity contribution in [3.8, 4) is 11.7 Å². The first-order valence-electron chi connectivity index (χ1n) is 5.90. The van der Waals surface area contributed by atoms with Crippen molar-refractivity contribution >= 4 is 10.0 Å². The zero-order valence-corrected chi connectivity index (χ0v) is 11.1. The predicted molar refractivity (Wildman–Crippen MR) is 65.5 cm³/mol. The third-order valence-electron chi connectivity index (χ3n) is 3.10.